The van der Waals surface area contributed by atoms with Gasteiger partial charge in [0.15, 0.2) is 0 Å². The number of nitrogens with zero attached hydrogens (tertiary/aromatic N) is 2. The lowest BCUT2D eigenvalue weighted by atomic mass is 10.2. The monoisotopic (exact) mass is 166 g/mol. The van der Waals surface area contributed by atoms with Gasteiger partial charge in [-0.1, -0.05) is 19.1 Å². The van der Waals surface area contributed by atoms with Crippen LogP contribution >= 0.6 is 0 Å². The first-order valence-electron chi connectivity index (χ1n) is 4.15. The van der Waals surface area contributed by atoms with E-state index in [-0.39, 0.29) is 0 Å². The lowest BCUT2D eigenvalue weighted by Crippen LogP contribution is -2.18. The molecule has 12 heavy (non-hydrogen) atoms. The van der Waals surface area contributed by atoms with Crippen LogP contribution in [0.25, 0.3) is 0 Å². The quantitative estimate of drug-likeness (QED) is 0.464. The van der Waals surface area contributed by atoms with Crippen LogP contribution in [0.5, 0.6) is 0 Å². The predicted octanol–water partition coefficient (Wildman–Crippen LogP) is 2.45. The molecule has 0 aromatic heterocycles. The second-order valence-corrected chi connectivity index (χ2v) is 2.72. The number of amidine groups is 1. The number of hydrogen-bond acceptors (Lipinski definition) is 1. The Morgan fingerprint density at radius 2 is 2.17 bits per heavy atom. The molecule has 0 amide bonds. The van der Waals surface area contributed by atoms with Crippen LogP contribution < -0.4 is 0 Å². The summed E-state index contributed by atoms with van der Waals surface area (Å²) in [5.74, 6) is 0.948. The average Bonchev–Trinajstić information content (AvgIpc) is 2.12. The molecule has 2 nitrogen and oxygen atoms in total. The van der Waals surface area contributed by atoms with E-state index in [1.165, 1.54) is 5.57 Å². The molecule has 0 radical (unpaired) electrons. The van der Waals surface area contributed by atoms with E-state index in [9.17, 15) is 0 Å². The minimum Gasteiger partial charge on any atom is -0.337 e. The first-order valence-corrected chi connectivity index (χ1v) is 4.15. The smallest absolute Gasteiger partial charge is 0.126 e. The first kappa shape index (κ1) is 11.0. The van der Waals surface area contributed by atoms with Crippen molar-refractivity contribution >= 4 is 5.84 Å². The van der Waals surface area contributed by atoms with Crippen molar-refractivity contribution in [2.45, 2.75) is 20.3 Å². The molecule has 0 spiro atoms. The van der Waals surface area contributed by atoms with E-state index in [0.29, 0.717) is 0 Å². The molecule has 68 valence electrons. The van der Waals surface area contributed by atoms with Gasteiger partial charge < -0.3 is 4.90 Å². The van der Waals surface area contributed by atoms with Gasteiger partial charge in [-0.05, 0) is 25.6 Å². The van der Waals surface area contributed by atoms with E-state index < -0.39 is 0 Å². The van der Waals surface area contributed by atoms with Crippen LogP contribution in [0.15, 0.2) is 29.4 Å². The van der Waals surface area contributed by atoms with E-state index >= 15 is 0 Å². The maximum atomic E-state index is 4.14. The van der Waals surface area contributed by atoms with Crippen LogP contribution in [0.2, 0.25) is 0 Å². The summed E-state index contributed by atoms with van der Waals surface area (Å²) in [6, 6.07) is 0. The summed E-state index contributed by atoms with van der Waals surface area (Å²) in [4.78, 5) is 6.04. The lowest BCUT2D eigenvalue weighted by Gasteiger charge is -2.13. The Morgan fingerprint density at radius 3 is 2.50 bits per heavy atom. The van der Waals surface area contributed by atoms with Gasteiger partial charge in [0.1, 0.15) is 5.84 Å². The van der Waals surface area contributed by atoms with E-state index in [4.69, 9.17) is 0 Å². The zero-order chi connectivity index (χ0) is 9.56. The normalized spacial score (nSPS) is 13.0. The van der Waals surface area contributed by atoms with Crippen LogP contribution in [0.4, 0.5) is 0 Å². The minimum absolute atomic E-state index is 0.948. The topological polar surface area (TPSA) is 15.6 Å². The average molecular weight is 166 g/mol. The minimum atomic E-state index is 0.948. The summed E-state index contributed by atoms with van der Waals surface area (Å²) in [5, 5.41) is 0. The molecule has 0 N–H and O–H groups in total. The highest BCUT2D eigenvalue weighted by Gasteiger charge is 1.97. The fourth-order valence-electron chi connectivity index (χ4n) is 0.740. The van der Waals surface area contributed by atoms with Gasteiger partial charge in [0.2, 0.25) is 0 Å². The molecular weight excluding hydrogens is 148 g/mol. The van der Waals surface area contributed by atoms with Crippen LogP contribution in [0.1, 0.15) is 20.3 Å². The van der Waals surface area contributed by atoms with E-state index in [2.05, 4.69) is 31.5 Å². The fourth-order valence-corrected chi connectivity index (χ4v) is 0.740. The van der Waals surface area contributed by atoms with Crippen molar-refractivity contribution in [1.82, 2.24) is 4.90 Å². The predicted molar refractivity (Wildman–Crippen MR) is 55.4 cm³/mol. The molecule has 0 aromatic carbocycles. The second-order valence-electron chi connectivity index (χ2n) is 2.72. The van der Waals surface area contributed by atoms with E-state index in [1.807, 2.05) is 11.9 Å². The van der Waals surface area contributed by atoms with Crippen LogP contribution in [-0.2, 0) is 0 Å². The summed E-state index contributed by atoms with van der Waals surface area (Å²) < 4.78 is 0. The molecule has 0 aliphatic carbocycles. The van der Waals surface area contributed by atoms with Crippen molar-refractivity contribution in [3.63, 3.8) is 0 Å². The molecule has 0 unspecified atom stereocenters. The third-order valence-corrected chi connectivity index (χ3v) is 1.80. The van der Waals surface area contributed by atoms with Crippen LogP contribution in [0.3, 0.4) is 0 Å². The number of allylic oxidation sites excluding steroid dienone is 1. The summed E-state index contributed by atoms with van der Waals surface area (Å²) in [6.07, 6.45) is 4.88. The Morgan fingerprint density at radius 1 is 1.58 bits per heavy atom. The van der Waals surface area contributed by atoms with Gasteiger partial charge in [0, 0.05) is 14.1 Å². The number of hydrogen-bond donors (Lipinski definition) is 0. The SMILES string of the molecule is C=CN(C)C(/C=C(/C)CC)=NC. The highest BCUT2D eigenvalue weighted by Crippen LogP contribution is 2.00. The van der Waals surface area contributed by atoms with E-state index in [1.54, 1.807) is 13.2 Å². The number of aliphatic imine (C=N–C) groups is 1. The lowest BCUT2D eigenvalue weighted by molar-refractivity contribution is 0.692. The van der Waals surface area contributed by atoms with Crippen molar-refractivity contribution in [2.24, 2.45) is 4.99 Å². The Hall–Kier alpha value is -1.05. The van der Waals surface area contributed by atoms with Gasteiger partial charge in [-0.3, -0.25) is 4.99 Å². The molecule has 0 aliphatic heterocycles. The van der Waals surface area contributed by atoms with Crippen molar-refractivity contribution in [3.8, 4) is 0 Å². The van der Waals surface area contributed by atoms with Crippen LogP contribution in [0, 0.1) is 0 Å². The molecule has 0 bridgehead atoms. The number of likely N-dealkylation sites (N-methyl/N-ethyl adjacent to an activating group) is 1. The zero-order valence-corrected chi connectivity index (χ0v) is 8.46. The van der Waals surface area contributed by atoms with Crippen molar-refractivity contribution in [1.29, 1.82) is 0 Å². The van der Waals surface area contributed by atoms with Crippen LogP contribution in [-0.4, -0.2) is 24.8 Å². The van der Waals surface area contributed by atoms with E-state index in [0.717, 1.165) is 12.3 Å². The molecule has 0 heterocycles. The molecule has 0 rings (SSSR count). The Bertz CT molecular complexity index is 202. The third-order valence-electron chi connectivity index (χ3n) is 1.80. The van der Waals surface area contributed by atoms with Gasteiger partial charge >= 0.3 is 0 Å². The molecule has 0 aromatic rings. The molecule has 0 atom stereocenters. The van der Waals surface area contributed by atoms with Crippen molar-refractivity contribution < 1.29 is 0 Å². The van der Waals surface area contributed by atoms with Gasteiger partial charge in [-0.15, -0.1) is 0 Å². The third kappa shape index (κ3) is 3.37. The first-order chi connectivity index (χ1) is 5.65. The van der Waals surface area contributed by atoms with Gasteiger partial charge in [0.05, 0.1) is 0 Å². The zero-order valence-electron chi connectivity index (χ0n) is 8.46. The standard InChI is InChI=1S/C10H18N2/c1-6-9(3)8-10(11-4)12(5)7-2/h7-8H,2,6H2,1,3-5H3/b9-8-,11-10?. The highest BCUT2D eigenvalue weighted by molar-refractivity contribution is 5.93. The molecule has 0 aliphatic rings. The Kier molecular flexibility index (Phi) is 5.09. The molecular formula is C10H18N2. The Labute approximate surface area is 75.3 Å². The van der Waals surface area contributed by atoms with Gasteiger partial charge in [0.25, 0.3) is 0 Å². The molecule has 0 saturated carbocycles. The van der Waals surface area contributed by atoms with Crippen molar-refractivity contribution in [2.75, 3.05) is 14.1 Å². The van der Waals surface area contributed by atoms with Gasteiger partial charge in [-0.25, -0.2) is 0 Å². The molecule has 0 saturated heterocycles. The fraction of sp³-hybridized carbons (Fsp3) is 0.500. The summed E-state index contributed by atoms with van der Waals surface area (Å²) >= 11 is 0. The number of rotatable bonds is 3. The second kappa shape index (κ2) is 5.58. The molecule has 0 fully saturated rings. The van der Waals surface area contributed by atoms with Gasteiger partial charge in [-0.2, -0.15) is 0 Å². The summed E-state index contributed by atoms with van der Waals surface area (Å²) in [7, 11) is 3.73. The summed E-state index contributed by atoms with van der Waals surface area (Å²) in [5.41, 5.74) is 1.32. The highest BCUT2D eigenvalue weighted by atomic mass is 15.1. The molecule has 2 heteroatoms. The van der Waals surface area contributed by atoms with Crippen molar-refractivity contribution in [3.05, 3.63) is 24.4 Å². The largest absolute Gasteiger partial charge is 0.337 e. The summed E-state index contributed by atoms with van der Waals surface area (Å²) in [6.45, 7) is 7.91. The maximum Gasteiger partial charge on any atom is 0.126 e. The maximum absolute atomic E-state index is 4.14. The Balaban J connectivity index is 4.49.